The summed E-state index contributed by atoms with van der Waals surface area (Å²) in [6, 6.07) is 13.0. The summed E-state index contributed by atoms with van der Waals surface area (Å²) in [5.74, 6) is -1.71. The summed E-state index contributed by atoms with van der Waals surface area (Å²) in [6.45, 7) is 4.08. The standard InChI is InChI=1S/C31H32N4O4S3/c1-18(2)21-15-31(21,40)30(39)35-24(13-19-7-9-22(32-16-19)26-5-3-11-41-26)28(36)34-25(29(37)38)14-20-8-10-23(33-17-20)27-6-4-12-42-27/h3-12,16-18,21,24-25,40H,13-15H2,1-2H3,(H,34,36)(H,35,39)(H,37,38)/t21?,24-,25-,31?/m0/s1. The van der Waals surface area contributed by atoms with Crippen LogP contribution in [0.1, 0.15) is 31.4 Å². The van der Waals surface area contributed by atoms with Crippen molar-refractivity contribution >= 4 is 53.1 Å². The van der Waals surface area contributed by atoms with Crippen molar-refractivity contribution in [2.45, 2.75) is 49.9 Å². The fourth-order valence-electron chi connectivity index (χ4n) is 4.99. The maximum absolute atomic E-state index is 13.6. The molecule has 1 fully saturated rings. The molecule has 1 aliphatic rings. The minimum absolute atomic E-state index is 0.0441. The van der Waals surface area contributed by atoms with E-state index in [1.54, 1.807) is 35.1 Å². The summed E-state index contributed by atoms with van der Waals surface area (Å²) in [5, 5.41) is 19.4. The average molecular weight is 621 g/mol. The average Bonchev–Trinajstić information content (AvgIpc) is 3.37. The lowest BCUT2D eigenvalue weighted by Gasteiger charge is -2.23. The fourth-order valence-corrected chi connectivity index (χ4v) is 6.96. The maximum Gasteiger partial charge on any atom is 0.326 e. The third kappa shape index (κ3) is 6.91. The number of pyridine rings is 2. The Kier molecular flexibility index (Phi) is 9.10. The van der Waals surface area contributed by atoms with Gasteiger partial charge in [-0.2, -0.15) is 12.6 Å². The zero-order valence-electron chi connectivity index (χ0n) is 23.2. The Hall–Kier alpha value is -3.54. The van der Waals surface area contributed by atoms with Crippen LogP contribution in [0.4, 0.5) is 0 Å². The number of carboxylic acid groups (broad SMARTS) is 1. The number of rotatable bonds is 12. The molecule has 5 rings (SSSR count). The van der Waals surface area contributed by atoms with Gasteiger partial charge in [0, 0.05) is 25.2 Å². The zero-order valence-corrected chi connectivity index (χ0v) is 25.7. The number of aliphatic carboxylic acids is 1. The quantitative estimate of drug-likeness (QED) is 0.163. The molecule has 1 saturated carbocycles. The molecule has 4 atom stereocenters. The third-order valence-corrected chi connectivity index (χ3v) is 10.00. The molecule has 4 heterocycles. The summed E-state index contributed by atoms with van der Waals surface area (Å²) < 4.78 is -0.851. The summed E-state index contributed by atoms with van der Waals surface area (Å²) in [5.41, 5.74) is 3.02. The van der Waals surface area contributed by atoms with Gasteiger partial charge in [0.05, 0.1) is 25.9 Å². The Morgan fingerprint density at radius 3 is 1.86 bits per heavy atom. The summed E-state index contributed by atoms with van der Waals surface area (Å²) in [4.78, 5) is 50.1. The molecule has 0 spiro atoms. The zero-order chi connectivity index (χ0) is 29.9. The Morgan fingerprint density at radius 1 is 0.905 bits per heavy atom. The van der Waals surface area contributed by atoms with Gasteiger partial charge in [-0.25, -0.2) is 4.79 Å². The van der Waals surface area contributed by atoms with Crippen LogP contribution >= 0.6 is 35.3 Å². The molecule has 0 saturated heterocycles. The molecule has 4 aromatic heterocycles. The molecule has 3 N–H and O–H groups in total. The highest BCUT2D eigenvalue weighted by atomic mass is 32.1. The molecule has 1 aliphatic carbocycles. The molecule has 42 heavy (non-hydrogen) atoms. The molecule has 2 unspecified atom stereocenters. The Morgan fingerprint density at radius 2 is 1.45 bits per heavy atom. The number of carbonyl (C=O) groups is 3. The van der Waals surface area contributed by atoms with Gasteiger partial charge in [-0.1, -0.05) is 38.1 Å². The van der Waals surface area contributed by atoms with Crippen LogP contribution in [0.25, 0.3) is 21.1 Å². The van der Waals surface area contributed by atoms with Gasteiger partial charge in [0.1, 0.15) is 12.1 Å². The maximum atomic E-state index is 13.6. The number of carboxylic acids is 1. The third-order valence-electron chi connectivity index (χ3n) is 7.50. The molecule has 0 aromatic carbocycles. The van der Waals surface area contributed by atoms with Crippen molar-refractivity contribution in [2.75, 3.05) is 0 Å². The largest absolute Gasteiger partial charge is 0.480 e. The number of nitrogens with one attached hydrogen (secondary N) is 2. The second-order valence-electron chi connectivity index (χ2n) is 10.9. The number of hydrogen-bond acceptors (Lipinski definition) is 8. The van der Waals surface area contributed by atoms with Gasteiger partial charge in [0.2, 0.25) is 11.8 Å². The highest BCUT2D eigenvalue weighted by molar-refractivity contribution is 7.83. The molecule has 2 amide bonds. The Bertz CT molecular complexity index is 1520. The molecule has 0 radical (unpaired) electrons. The smallest absolute Gasteiger partial charge is 0.326 e. The summed E-state index contributed by atoms with van der Waals surface area (Å²) in [7, 11) is 0. The number of nitrogens with zero attached hydrogens (tertiary/aromatic N) is 2. The van der Waals surface area contributed by atoms with Crippen molar-refractivity contribution in [3.05, 3.63) is 82.8 Å². The van der Waals surface area contributed by atoms with Gasteiger partial charge >= 0.3 is 5.97 Å². The van der Waals surface area contributed by atoms with Gasteiger partial charge in [0.25, 0.3) is 0 Å². The Labute approximate surface area is 258 Å². The van der Waals surface area contributed by atoms with Crippen LogP contribution < -0.4 is 10.6 Å². The first-order valence-corrected chi connectivity index (χ1v) is 15.9. The number of thiophene rings is 2. The van der Waals surface area contributed by atoms with Crippen molar-refractivity contribution in [3.8, 4) is 21.1 Å². The van der Waals surface area contributed by atoms with Gasteiger partial charge in [-0.05, 0) is 64.4 Å². The topological polar surface area (TPSA) is 121 Å². The molecule has 11 heteroatoms. The first-order chi connectivity index (χ1) is 20.1. The predicted molar refractivity (Wildman–Crippen MR) is 169 cm³/mol. The van der Waals surface area contributed by atoms with Crippen LogP contribution in [0.5, 0.6) is 0 Å². The van der Waals surface area contributed by atoms with Gasteiger partial charge in [-0.3, -0.25) is 19.6 Å². The van der Waals surface area contributed by atoms with Crippen LogP contribution in [0.3, 0.4) is 0 Å². The minimum Gasteiger partial charge on any atom is -0.480 e. The first kappa shape index (κ1) is 29.9. The van der Waals surface area contributed by atoms with E-state index in [0.29, 0.717) is 12.0 Å². The van der Waals surface area contributed by atoms with E-state index in [0.717, 1.165) is 26.7 Å². The van der Waals surface area contributed by atoms with E-state index in [2.05, 4.69) is 33.2 Å². The van der Waals surface area contributed by atoms with E-state index < -0.39 is 28.7 Å². The lowest BCUT2D eigenvalue weighted by Crippen LogP contribution is -2.54. The van der Waals surface area contributed by atoms with Gasteiger partial charge < -0.3 is 15.7 Å². The highest BCUT2D eigenvalue weighted by Crippen LogP contribution is 2.53. The number of carbonyl (C=O) groups excluding carboxylic acids is 2. The molecule has 8 nitrogen and oxygen atoms in total. The number of hydrogen-bond donors (Lipinski definition) is 4. The molecular formula is C31H32N4O4S3. The first-order valence-electron chi connectivity index (χ1n) is 13.7. The van der Waals surface area contributed by atoms with Crippen molar-refractivity contribution in [1.82, 2.24) is 20.6 Å². The fraction of sp³-hybridized carbons (Fsp3) is 0.323. The van der Waals surface area contributed by atoms with Crippen molar-refractivity contribution < 1.29 is 19.5 Å². The SMILES string of the molecule is CC(C)C1CC1(S)C(=O)N[C@@H](Cc1ccc(-c2cccs2)nc1)C(=O)N[C@@H](Cc1ccc(-c2cccs2)nc1)C(=O)O. The molecule has 0 bridgehead atoms. The molecular weight excluding hydrogens is 589 g/mol. The highest BCUT2D eigenvalue weighted by Gasteiger charge is 2.58. The second kappa shape index (κ2) is 12.8. The summed E-state index contributed by atoms with van der Waals surface area (Å²) in [6.07, 6.45) is 4.12. The van der Waals surface area contributed by atoms with Crippen molar-refractivity contribution in [2.24, 2.45) is 11.8 Å². The van der Waals surface area contributed by atoms with E-state index in [9.17, 15) is 19.5 Å². The van der Waals surface area contributed by atoms with Gasteiger partial charge in [-0.15, -0.1) is 22.7 Å². The van der Waals surface area contributed by atoms with Gasteiger partial charge in [0.15, 0.2) is 0 Å². The van der Waals surface area contributed by atoms with Crippen LogP contribution in [0, 0.1) is 11.8 Å². The van der Waals surface area contributed by atoms with E-state index in [-0.39, 0.29) is 30.6 Å². The molecule has 4 aromatic rings. The monoisotopic (exact) mass is 620 g/mol. The molecule has 0 aliphatic heterocycles. The van der Waals surface area contributed by atoms with Crippen molar-refractivity contribution in [1.29, 1.82) is 0 Å². The van der Waals surface area contributed by atoms with Crippen LogP contribution in [-0.2, 0) is 27.2 Å². The minimum atomic E-state index is -1.21. The number of aromatic nitrogens is 2. The molecule has 218 valence electrons. The number of thiol groups is 1. The van der Waals surface area contributed by atoms with E-state index in [4.69, 9.17) is 0 Å². The van der Waals surface area contributed by atoms with E-state index >= 15 is 0 Å². The second-order valence-corrected chi connectivity index (χ2v) is 13.6. The van der Waals surface area contributed by atoms with Crippen LogP contribution in [-0.4, -0.2) is 49.7 Å². The van der Waals surface area contributed by atoms with Crippen LogP contribution in [0.2, 0.25) is 0 Å². The van der Waals surface area contributed by atoms with Crippen LogP contribution in [0.15, 0.2) is 71.7 Å². The predicted octanol–water partition coefficient (Wildman–Crippen LogP) is 5.12. The van der Waals surface area contributed by atoms with E-state index in [1.807, 2.05) is 73.1 Å². The van der Waals surface area contributed by atoms with E-state index in [1.165, 1.54) is 0 Å². The van der Waals surface area contributed by atoms with Crippen molar-refractivity contribution in [3.63, 3.8) is 0 Å². The number of amides is 2. The summed E-state index contributed by atoms with van der Waals surface area (Å²) >= 11 is 7.80. The normalized spacial score (nSPS) is 19.2. The Balaban J connectivity index is 1.31. The lowest BCUT2D eigenvalue weighted by atomic mass is 10.0. The lowest BCUT2D eigenvalue weighted by molar-refractivity contribution is -0.142.